The molecule has 0 radical (unpaired) electrons. The van der Waals surface area contributed by atoms with Crippen molar-refractivity contribution in [3.8, 4) is 0 Å². The lowest BCUT2D eigenvalue weighted by Crippen LogP contribution is -2.22. The van der Waals surface area contributed by atoms with Gasteiger partial charge in [-0.1, -0.05) is 28.1 Å². The Labute approximate surface area is 111 Å². The van der Waals surface area contributed by atoms with E-state index in [4.69, 9.17) is 4.42 Å². The predicted molar refractivity (Wildman–Crippen MR) is 69.2 cm³/mol. The molecular formula is C12H10Br2O2. The van der Waals surface area contributed by atoms with E-state index in [-0.39, 0.29) is 0 Å². The standard InChI is InChI=1S/C12H10Br2O2/c1-12(15,11-10(14)5-6-16-11)8-3-2-4-9(13)7-8/h2-7,15H,1H3. The van der Waals surface area contributed by atoms with Crippen molar-refractivity contribution in [2.45, 2.75) is 12.5 Å². The van der Waals surface area contributed by atoms with Crippen LogP contribution in [-0.2, 0) is 5.60 Å². The number of rotatable bonds is 2. The fourth-order valence-electron chi connectivity index (χ4n) is 1.56. The molecule has 84 valence electrons. The summed E-state index contributed by atoms with van der Waals surface area (Å²) >= 11 is 6.74. The van der Waals surface area contributed by atoms with Crippen molar-refractivity contribution < 1.29 is 9.52 Å². The molecule has 1 heterocycles. The molecule has 1 aromatic heterocycles. The topological polar surface area (TPSA) is 33.4 Å². The van der Waals surface area contributed by atoms with E-state index in [1.165, 1.54) is 0 Å². The summed E-state index contributed by atoms with van der Waals surface area (Å²) in [6, 6.07) is 9.29. The van der Waals surface area contributed by atoms with Crippen LogP contribution in [0.2, 0.25) is 0 Å². The van der Waals surface area contributed by atoms with Gasteiger partial charge in [0.05, 0.1) is 10.7 Å². The van der Waals surface area contributed by atoms with E-state index >= 15 is 0 Å². The van der Waals surface area contributed by atoms with Crippen molar-refractivity contribution in [3.63, 3.8) is 0 Å². The van der Waals surface area contributed by atoms with E-state index in [0.29, 0.717) is 5.76 Å². The van der Waals surface area contributed by atoms with Gasteiger partial charge in [-0.3, -0.25) is 0 Å². The third-order valence-corrected chi connectivity index (χ3v) is 3.56. The van der Waals surface area contributed by atoms with Crippen LogP contribution < -0.4 is 0 Å². The monoisotopic (exact) mass is 344 g/mol. The fraction of sp³-hybridized carbons (Fsp3) is 0.167. The summed E-state index contributed by atoms with van der Waals surface area (Å²) in [5.41, 5.74) is -0.371. The van der Waals surface area contributed by atoms with Crippen molar-refractivity contribution in [1.82, 2.24) is 0 Å². The minimum atomic E-state index is -1.15. The lowest BCUT2D eigenvalue weighted by Gasteiger charge is -2.22. The molecule has 0 fully saturated rings. The molecule has 16 heavy (non-hydrogen) atoms. The summed E-state index contributed by atoms with van der Waals surface area (Å²) in [7, 11) is 0. The van der Waals surface area contributed by atoms with Crippen LogP contribution in [0.15, 0.2) is 50.0 Å². The molecule has 0 spiro atoms. The molecule has 2 rings (SSSR count). The lowest BCUT2D eigenvalue weighted by atomic mass is 9.93. The third kappa shape index (κ3) is 2.10. The number of aliphatic hydroxyl groups is 1. The second-order valence-corrected chi connectivity index (χ2v) is 5.45. The molecule has 0 saturated carbocycles. The average molecular weight is 346 g/mol. The van der Waals surface area contributed by atoms with Crippen LogP contribution in [0.25, 0.3) is 0 Å². The first-order chi connectivity index (χ1) is 7.51. The Kier molecular flexibility index (Phi) is 3.24. The number of furan rings is 1. The van der Waals surface area contributed by atoms with Crippen molar-refractivity contribution in [2.75, 3.05) is 0 Å². The van der Waals surface area contributed by atoms with E-state index in [1.807, 2.05) is 24.3 Å². The summed E-state index contributed by atoms with van der Waals surface area (Å²) < 4.78 is 7.00. The number of hydrogen-bond donors (Lipinski definition) is 1. The zero-order valence-corrected chi connectivity index (χ0v) is 11.7. The normalized spacial score (nSPS) is 14.8. The molecule has 0 aliphatic heterocycles. The molecule has 1 unspecified atom stereocenters. The summed E-state index contributed by atoms with van der Waals surface area (Å²) in [5.74, 6) is 0.505. The first-order valence-electron chi connectivity index (χ1n) is 4.73. The van der Waals surface area contributed by atoms with Crippen LogP contribution in [0, 0.1) is 0 Å². The highest BCUT2D eigenvalue weighted by Crippen LogP contribution is 2.35. The van der Waals surface area contributed by atoms with Gasteiger partial charge in [0.2, 0.25) is 0 Å². The predicted octanol–water partition coefficient (Wildman–Crippen LogP) is 4.06. The molecule has 0 amide bonds. The molecule has 0 saturated heterocycles. The van der Waals surface area contributed by atoms with Crippen LogP contribution >= 0.6 is 31.9 Å². The largest absolute Gasteiger partial charge is 0.465 e. The minimum absolute atomic E-state index is 0.505. The van der Waals surface area contributed by atoms with Crippen molar-refractivity contribution in [3.05, 3.63) is 56.9 Å². The fourth-order valence-corrected chi connectivity index (χ4v) is 2.55. The van der Waals surface area contributed by atoms with E-state index < -0.39 is 5.60 Å². The zero-order valence-electron chi connectivity index (χ0n) is 8.58. The molecular weight excluding hydrogens is 336 g/mol. The van der Waals surface area contributed by atoms with Gasteiger partial charge < -0.3 is 9.52 Å². The van der Waals surface area contributed by atoms with E-state index in [1.54, 1.807) is 19.3 Å². The number of hydrogen-bond acceptors (Lipinski definition) is 2. The average Bonchev–Trinajstić information content (AvgIpc) is 2.65. The first kappa shape index (κ1) is 11.9. The summed E-state index contributed by atoms with van der Waals surface area (Å²) in [6.07, 6.45) is 1.55. The quantitative estimate of drug-likeness (QED) is 0.890. The maximum absolute atomic E-state index is 10.5. The second-order valence-electron chi connectivity index (χ2n) is 3.68. The van der Waals surface area contributed by atoms with Crippen molar-refractivity contribution in [2.24, 2.45) is 0 Å². The van der Waals surface area contributed by atoms with Crippen LogP contribution in [0.3, 0.4) is 0 Å². The van der Waals surface area contributed by atoms with E-state index in [0.717, 1.165) is 14.5 Å². The van der Waals surface area contributed by atoms with Gasteiger partial charge in [-0.15, -0.1) is 0 Å². The Morgan fingerprint density at radius 3 is 2.56 bits per heavy atom. The Morgan fingerprint density at radius 2 is 2.00 bits per heavy atom. The number of benzene rings is 1. The molecule has 2 aromatic rings. The molecule has 1 aromatic carbocycles. The molecule has 0 aliphatic rings. The van der Waals surface area contributed by atoms with Gasteiger partial charge in [0.15, 0.2) is 5.76 Å². The summed E-state index contributed by atoms with van der Waals surface area (Å²) in [6.45, 7) is 1.71. The van der Waals surface area contributed by atoms with Gasteiger partial charge in [-0.05, 0) is 46.6 Å². The van der Waals surface area contributed by atoms with Gasteiger partial charge in [-0.25, -0.2) is 0 Å². The molecule has 1 N–H and O–H groups in total. The van der Waals surface area contributed by atoms with Gasteiger partial charge in [0, 0.05) is 4.47 Å². The Morgan fingerprint density at radius 1 is 1.25 bits per heavy atom. The number of halogens is 2. The van der Waals surface area contributed by atoms with Gasteiger partial charge in [0.1, 0.15) is 5.60 Å². The third-order valence-electron chi connectivity index (χ3n) is 2.45. The van der Waals surface area contributed by atoms with E-state index in [9.17, 15) is 5.11 Å². The second kappa shape index (κ2) is 4.35. The van der Waals surface area contributed by atoms with Crippen LogP contribution in [-0.4, -0.2) is 5.11 Å². The summed E-state index contributed by atoms with van der Waals surface area (Å²) in [4.78, 5) is 0. The molecule has 4 heteroatoms. The maximum atomic E-state index is 10.5. The van der Waals surface area contributed by atoms with Crippen molar-refractivity contribution >= 4 is 31.9 Å². The van der Waals surface area contributed by atoms with Crippen LogP contribution in [0.1, 0.15) is 18.2 Å². The van der Waals surface area contributed by atoms with Crippen LogP contribution in [0.4, 0.5) is 0 Å². The lowest BCUT2D eigenvalue weighted by molar-refractivity contribution is 0.0757. The highest BCUT2D eigenvalue weighted by molar-refractivity contribution is 9.10. The highest BCUT2D eigenvalue weighted by atomic mass is 79.9. The van der Waals surface area contributed by atoms with Crippen molar-refractivity contribution in [1.29, 1.82) is 0 Å². The van der Waals surface area contributed by atoms with Gasteiger partial charge in [0.25, 0.3) is 0 Å². The van der Waals surface area contributed by atoms with Gasteiger partial charge in [-0.2, -0.15) is 0 Å². The minimum Gasteiger partial charge on any atom is -0.465 e. The molecule has 2 nitrogen and oxygen atoms in total. The zero-order chi connectivity index (χ0) is 11.8. The summed E-state index contributed by atoms with van der Waals surface area (Å²) in [5, 5.41) is 10.5. The van der Waals surface area contributed by atoms with E-state index in [2.05, 4.69) is 31.9 Å². The molecule has 0 aliphatic carbocycles. The SMILES string of the molecule is CC(O)(c1cccc(Br)c1)c1occc1Br. The smallest absolute Gasteiger partial charge is 0.153 e. The molecule has 0 bridgehead atoms. The first-order valence-corrected chi connectivity index (χ1v) is 6.32. The van der Waals surface area contributed by atoms with Crippen LogP contribution in [0.5, 0.6) is 0 Å². The maximum Gasteiger partial charge on any atom is 0.153 e. The highest BCUT2D eigenvalue weighted by Gasteiger charge is 2.31. The molecule has 1 atom stereocenters. The Balaban J connectivity index is 2.51. The van der Waals surface area contributed by atoms with Gasteiger partial charge >= 0.3 is 0 Å². The Hall–Kier alpha value is -0.580. The Bertz CT molecular complexity index is 503.